The molecule has 2 N–H and O–H groups in total. The lowest BCUT2D eigenvalue weighted by molar-refractivity contribution is -0.185. The molecule has 96 valence electrons. The maximum absolute atomic E-state index is 11.9. The van der Waals surface area contributed by atoms with E-state index in [-0.39, 0.29) is 6.61 Å². The topological polar surface area (TPSA) is 41.5 Å². The number of likely N-dealkylation sites (N-methyl/N-ethyl adjacent to an activating group) is 1. The number of rotatable bonds is 5. The fourth-order valence-corrected chi connectivity index (χ4v) is 2.17. The van der Waals surface area contributed by atoms with E-state index < -0.39 is 24.4 Å². The number of halogens is 3. The summed E-state index contributed by atoms with van der Waals surface area (Å²) in [6, 6.07) is 0. The van der Waals surface area contributed by atoms with Crippen molar-refractivity contribution >= 4 is 0 Å². The van der Waals surface area contributed by atoms with Gasteiger partial charge in [0.25, 0.3) is 0 Å². The van der Waals surface area contributed by atoms with Crippen LogP contribution in [0.2, 0.25) is 0 Å². The number of aliphatic hydroxyl groups excluding tert-OH is 1. The summed E-state index contributed by atoms with van der Waals surface area (Å²) in [6.45, 7) is 1.33. The van der Waals surface area contributed by atoms with Crippen LogP contribution in [0.3, 0.4) is 0 Å². The molecule has 0 spiro atoms. The van der Waals surface area contributed by atoms with E-state index in [0.29, 0.717) is 25.8 Å². The lowest BCUT2D eigenvalue weighted by Crippen LogP contribution is -2.46. The molecule has 0 radical (unpaired) electrons. The van der Waals surface area contributed by atoms with Gasteiger partial charge in [-0.3, -0.25) is 0 Å². The van der Waals surface area contributed by atoms with Crippen LogP contribution in [-0.4, -0.2) is 42.7 Å². The van der Waals surface area contributed by atoms with E-state index >= 15 is 0 Å². The Kier molecular flexibility index (Phi) is 4.58. The van der Waals surface area contributed by atoms with Gasteiger partial charge in [-0.1, -0.05) is 6.92 Å². The molecule has 1 fully saturated rings. The van der Waals surface area contributed by atoms with Gasteiger partial charge in [-0.15, -0.1) is 0 Å². The minimum absolute atomic E-state index is 0.0628. The van der Waals surface area contributed by atoms with Gasteiger partial charge in [-0.05, 0) is 25.8 Å². The molecular formula is C10H18F3NO2. The van der Waals surface area contributed by atoms with Gasteiger partial charge in [0, 0.05) is 5.54 Å². The number of hydrogen-bond acceptors (Lipinski definition) is 3. The Morgan fingerprint density at radius 3 is 2.69 bits per heavy atom. The van der Waals surface area contributed by atoms with E-state index in [1.165, 1.54) is 0 Å². The van der Waals surface area contributed by atoms with Crippen LogP contribution in [0.1, 0.15) is 26.2 Å². The van der Waals surface area contributed by atoms with Crippen LogP contribution >= 0.6 is 0 Å². The summed E-state index contributed by atoms with van der Waals surface area (Å²) in [5.74, 6) is 0. The number of alkyl halides is 3. The minimum Gasteiger partial charge on any atom is -0.394 e. The Balaban J connectivity index is 2.39. The van der Waals surface area contributed by atoms with Gasteiger partial charge in [-0.2, -0.15) is 13.2 Å². The number of ether oxygens (including phenoxy) is 1. The van der Waals surface area contributed by atoms with Crippen LogP contribution in [0.25, 0.3) is 0 Å². The third kappa shape index (κ3) is 3.92. The second-order valence-corrected chi connectivity index (χ2v) is 4.26. The van der Waals surface area contributed by atoms with E-state index in [2.05, 4.69) is 5.32 Å². The molecule has 0 aromatic heterocycles. The van der Waals surface area contributed by atoms with Gasteiger partial charge in [0.15, 0.2) is 0 Å². The average molecular weight is 241 g/mol. The third-order valence-electron chi connectivity index (χ3n) is 2.90. The van der Waals surface area contributed by atoms with Crippen molar-refractivity contribution in [3.05, 3.63) is 0 Å². The normalized spacial score (nSPS) is 30.9. The fourth-order valence-electron chi connectivity index (χ4n) is 2.17. The van der Waals surface area contributed by atoms with Crippen molar-refractivity contribution < 1.29 is 23.0 Å². The van der Waals surface area contributed by atoms with E-state index in [1.54, 1.807) is 0 Å². The summed E-state index contributed by atoms with van der Waals surface area (Å²) >= 11 is 0. The van der Waals surface area contributed by atoms with Crippen molar-refractivity contribution in [2.75, 3.05) is 19.8 Å². The first-order valence-corrected chi connectivity index (χ1v) is 5.45. The van der Waals surface area contributed by atoms with Crippen LogP contribution in [0.4, 0.5) is 13.2 Å². The molecule has 6 heteroatoms. The first-order valence-electron chi connectivity index (χ1n) is 5.45. The number of hydrogen-bond donors (Lipinski definition) is 2. The Labute approximate surface area is 93.0 Å². The van der Waals surface area contributed by atoms with Gasteiger partial charge in [0.1, 0.15) is 6.61 Å². The predicted molar refractivity (Wildman–Crippen MR) is 53.1 cm³/mol. The zero-order valence-corrected chi connectivity index (χ0v) is 9.31. The second kappa shape index (κ2) is 5.33. The molecule has 2 atom stereocenters. The summed E-state index contributed by atoms with van der Waals surface area (Å²) < 4.78 is 40.6. The van der Waals surface area contributed by atoms with Crippen LogP contribution in [0, 0.1) is 0 Å². The number of nitrogens with one attached hydrogen (secondary N) is 1. The largest absolute Gasteiger partial charge is 0.411 e. The maximum Gasteiger partial charge on any atom is 0.411 e. The van der Waals surface area contributed by atoms with Gasteiger partial charge < -0.3 is 15.2 Å². The Morgan fingerprint density at radius 2 is 2.19 bits per heavy atom. The summed E-state index contributed by atoms with van der Waals surface area (Å²) in [4.78, 5) is 0. The molecule has 1 rings (SSSR count). The molecule has 1 aliphatic rings. The molecule has 0 aromatic rings. The molecule has 1 aliphatic carbocycles. The van der Waals surface area contributed by atoms with Crippen molar-refractivity contribution in [2.24, 2.45) is 0 Å². The van der Waals surface area contributed by atoms with Crippen molar-refractivity contribution in [3.8, 4) is 0 Å². The molecule has 2 unspecified atom stereocenters. The SMILES string of the molecule is CCNC1(CO)CCC(OCC(F)(F)F)C1. The molecule has 0 aliphatic heterocycles. The molecular weight excluding hydrogens is 223 g/mol. The van der Waals surface area contributed by atoms with Crippen LogP contribution in [0.15, 0.2) is 0 Å². The molecule has 3 nitrogen and oxygen atoms in total. The molecule has 0 bridgehead atoms. The molecule has 1 saturated carbocycles. The van der Waals surface area contributed by atoms with Gasteiger partial charge in [0.2, 0.25) is 0 Å². The molecule has 0 amide bonds. The van der Waals surface area contributed by atoms with Crippen LogP contribution in [-0.2, 0) is 4.74 Å². The van der Waals surface area contributed by atoms with Crippen molar-refractivity contribution in [2.45, 2.75) is 44.0 Å². The standard InChI is InChI=1S/C10H18F3NO2/c1-2-14-9(6-15)4-3-8(5-9)16-7-10(11,12)13/h8,14-15H,2-7H2,1H3. The van der Waals surface area contributed by atoms with Crippen molar-refractivity contribution in [3.63, 3.8) is 0 Å². The average Bonchev–Trinajstić information content (AvgIpc) is 2.59. The second-order valence-electron chi connectivity index (χ2n) is 4.26. The first-order chi connectivity index (χ1) is 7.41. The van der Waals surface area contributed by atoms with Crippen molar-refractivity contribution in [1.29, 1.82) is 0 Å². The van der Waals surface area contributed by atoms with Crippen LogP contribution in [0.5, 0.6) is 0 Å². The quantitative estimate of drug-likeness (QED) is 0.765. The summed E-state index contributed by atoms with van der Waals surface area (Å²) in [5, 5.41) is 12.4. The monoisotopic (exact) mass is 241 g/mol. The zero-order valence-electron chi connectivity index (χ0n) is 9.31. The maximum atomic E-state index is 11.9. The van der Waals surface area contributed by atoms with E-state index in [1.807, 2.05) is 6.92 Å². The van der Waals surface area contributed by atoms with Gasteiger partial charge in [-0.25, -0.2) is 0 Å². The highest BCUT2D eigenvalue weighted by molar-refractivity contribution is 4.96. The van der Waals surface area contributed by atoms with E-state index in [4.69, 9.17) is 4.74 Å². The van der Waals surface area contributed by atoms with Crippen molar-refractivity contribution in [1.82, 2.24) is 5.32 Å². The lowest BCUT2D eigenvalue weighted by atomic mass is 9.99. The fraction of sp³-hybridized carbons (Fsp3) is 1.00. The highest BCUT2D eigenvalue weighted by atomic mass is 19.4. The van der Waals surface area contributed by atoms with E-state index in [9.17, 15) is 18.3 Å². The zero-order chi connectivity index (χ0) is 12.2. The van der Waals surface area contributed by atoms with Gasteiger partial charge in [0.05, 0.1) is 12.7 Å². The lowest BCUT2D eigenvalue weighted by Gasteiger charge is -2.28. The summed E-state index contributed by atoms with van der Waals surface area (Å²) in [7, 11) is 0. The first kappa shape index (κ1) is 13.7. The molecule has 0 saturated heterocycles. The van der Waals surface area contributed by atoms with Crippen LogP contribution < -0.4 is 5.32 Å². The molecule has 16 heavy (non-hydrogen) atoms. The predicted octanol–water partition coefficient (Wildman–Crippen LogP) is 1.46. The smallest absolute Gasteiger partial charge is 0.394 e. The number of aliphatic hydroxyl groups is 1. The van der Waals surface area contributed by atoms with Gasteiger partial charge >= 0.3 is 6.18 Å². The molecule has 0 heterocycles. The summed E-state index contributed by atoms with van der Waals surface area (Å²) in [6.07, 6.45) is -3.03. The summed E-state index contributed by atoms with van der Waals surface area (Å²) in [5.41, 5.74) is -0.453. The Bertz CT molecular complexity index is 223. The minimum atomic E-state index is -4.28. The molecule has 0 aromatic carbocycles. The highest BCUT2D eigenvalue weighted by Crippen LogP contribution is 2.32. The van der Waals surface area contributed by atoms with E-state index in [0.717, 1.165) is 0 Å². The Morgan fingerprint density at radius 1 is 1.50 bits per heavy atom. The third-order valence-corrected chi connectivity index (χ3v) is 2.90. The highest BCUT2D eigenvalue weighted by Gasteiger charge is 2.40. The Hall–Kier alpha value is -0.330.